The fourth-order valence-corrected chi connectivity index (χ4v) is 3.35. The zero-order valence-corrected chi connectivity index (χ0v) is 16.4. The minimum absolute atomic E-state index is 0.642. The predicted molar refractivity (Wildman–Crippen MR) is 105 cm³/mol. The maximum atomic E-state index is 5.54. The molecule has 0 bridgehead atoms. The molecule has 0 aliphatic carbocycles. The fourth-order valence-electron chi connectivity index (χ4n) is 2.42. The maximum absolute atomic E-state index is 5.54. The molecule has 0 unspecified atom stereocenters. The van der Waals surface area contributed by atoms with Crippen LogP contribution in [0.3, 0.4) is 0 Å². The van der Waals surface area contributed by atoms with Crippen molar-refractivity contribution in [3.63, 3.8) is 0 Å². The predicted octanol–water partition coefficient (Wildman–Crippen LogP) is 3.20. The van der Waals surface area contributed by atoms with Crippen LogP contribution in [0, 0.1) is 13.8 Å². The molecular formula is C19H28N4OS. The summed E-state index contributed by atoms with van der Waals surface area (Å²) >= 11 is 1.77. The molecule has 2 aromatic rings. The Bertz CT molecular complexity index is 677. The van der Waals surface area contributed by atoms with Crippen LogP contribution in [-0.2, 0) is 24.3 Å². The Morgan fingerprint density at radius 1 is 1.20 bits per heavy atom. The van der Waals surface area contributed by atoms with Crippen molar-refractivity contribution in [1.82, 2.24) is 15.6 Å². The largest absolute Gasteiger partial charge is 0.377 e. The number of nitrogens with one attached hydrogen (secondary N) is 2. The Morgan fingerprint density at radius 3 is 2.60 bits per heavy atom. The van der Waals surface area contributed by atoms with Gasteiger partial charge in [-0.15, -0.1) is 11.3 Å². The lowest BCUT2D eigenvalue weighted by atomic mass is 10.1. The number of rotatable bonds is 8. The molecule has 0 amide bonds. The molecule has 0 aliphatic heterocycles. The van der Waals surface area contributed by atoms with Gasteiger partial charge in [-0.2, -0.15) is 0 Å². The topological polar surface area (TPSA) is 58.5 Å². The molecule has 0 fully saturated rings. The number of benzene rings is 1. The molecule has 1 aromatic carbocycles. The second kappa shape index (κ2) is 10.2. The number of ether oxygens (including phenoxy) is 1. The van der Waals surface area contributed by atoms with Gasteiger partial charge in [0.05, 0.1) is 17.3 Å². The second-order valence-corrected chi connectivity index (χ2v) is 7.05. The highest BCUT2D eigenvalue weighted by molar-refractivity contribution is 7.11. The number of aryl methyl sites for hydroxylation is 2. The van der Waals surface area contributed by atoms with E-state index in [1.807, 2.05) is 13.0 Å². The van der Waals surface area contributed by atoms with Crippen molar-refractivity contribution in [1.29, 1.82) is 0 Å². The third kappa shape index (κ3) is 6.14. The molecule has 0 aliphatic rings. The Labute approximate surface area is 154 Å². The van der Waals surface area contributed by atoms with Crippen LogP contribution in [0.25, 0.3) is 0 Å². The molecular weight excluding hydrogens is 332 g/mol. The SMILES string of the molecule is CCOCc1ccccc1CNC(=NC)NCCc1nc(C)c(C)s1. The molecule has 0 radical (unpaired) electrons. The summed E-state index contributed by atoms with van der Waals surface area (Å²) in [5.41, 5.74) is 3.57. The molecule has 136 valence electrons. The molecule has 6 heteroatoms. The van der Waals surface area contributed by atoms with E-state index in [9.17, 15) is 0 Å². The smallest absolute Gasteiger partial charge is 0.191 e. The molecule has 0 spiro atoms. The number of thiazole rings is 1. The summed E-state index contributed by atoms with van der Waals surface area (Å²) in [6.07, 6.45) is 0.904. The lowest BCUT2D eigenvalue weighted by Crippen LogP contribution is -2.38. The Balaban J connectivity index is 1.82. The number of aromatic nitrogens is 1. The number of hydrogen-bond acceptors (Lipinski definition) is 4. The molecule has 0 atom stereocenters. The van der Waals surface area contributed by atoms with Crippen molar-refractivity contribution in [3.05, 3.63) is 51.0 Å². The normalized spacial score (nSPS) is 11.6. The summed E-state index contributed by atoms with van der Waals surface area (Å²) in [5.74, 6) is 0.802. The molecule has 5 nitrogen and oxygen atoms in total. The number of aliphatic imine (C=N–C) groups is 1. The van der Waals surface area contributed by atoms with Crippen molar-refractivity contribution in [2.45, 2.75) is 40.3 Å². The van der Waals surface area contributed by atoms with E-state index in [2.05, 4.69) is 52.7 Å². The summed E-state index contributed by atoms with van der Waals surface area (Å²) in [4.78, 5) is 10.2. The number of guanidine groups is 1. The Kier molecular flexibility index (Phi) is 7.88. The summed E-state index contributed by atoms with van der Waals surface area (Å²) in [6, 6.07) is 8.32. The van der Waals surface area contributed by atoms with Crippen molar-refractivity contribution in [2.24, 2.45) is 4.99 Å². The van der Waals surface area contributed by atoms with Gasteiger partial charge in [-0.1, -0.05) is 24.3 Å². The quantitative estimate of drug-likeness (QED) is 0.561. The van der Waals surface area contributed by atoms with Crippen LogP contribution >= 0.6 is 11.3 Å². The fraction of sp³-hybridized carbons (Fsp3) is 0.474. The van der Waals surface area contributed by atoms with Crippen molar-refractivity contribution >= 4 is 17.3 Å². The zero-order chi connectivity index (χ0) is 18.1. The summed E-state index contributed by atoms with van der Waals surface area (Å²) in [6.45, 7) is 9.08. The van der Waals surface area contributed by atoms with Crippen LogP contribution in [0.5, 0.6) is 0 Å². The molecule has 0 saturated heterocycles. The number of hydrogen-bond donors (Lipinski definition) is 2. The molecule has 2 rings (SSSR count). The second-order valence-electron chi connectivity index (χ2n) is 5.76. The van der Waals surface area contributed by atoms with Crippen LogP contribution in [0.4, 0.5) is 0 Å². The maximum Gasteiger partial charge on any atom is 0.191 e. The average Bonchev–Trinajstić information content (AvgIpc) is 2.94. The summed E-state index contributed by atoms with van der Waals surface area (Å²) in [7, 11) is 1.79. The third-order valence-electron chi connectivity index (χ3n) is 3.95. The molecule has 1 heterocycles. The van der Waals surface area contributed by atoms with Gasteiger partial charge < -0.3 is 15.4 Å². The standard InChI is InChI=1S/C19H28N4OS/c1-5-24-13-17-9-7-6-8-16(17)12-22-19(20-4)21-11-10-18-23-14(2)15(3)25-18/h6-9H,5,10-13H2,1-4H3,(H2,20,21,22). The Morgan fingerprint density at radius 2 is 1.96 bits per heavy atom. The van der Waals surface area contributed by atoms with Crippen LogP contribution in [0.2, 0.25) is 0 Å². The van der Waals surface area contributed by atoms with E-state index >= 15 is 0 Å². The lowest BCUT2D eigenvalue weighted by Gasteiger charge is -2.14. The van der Waals surface area contributed by atoms with Gasteiger partial charge in [0, 0.05) is 38.0 Å². The van der Waals surface area contributed by atoms with Gasteiger partial charge in [-0.05, 0) is 31.9 Å². The third-order valence-corrected chi connectivity index (χ3v) is 5.09. The molecule has 2 N–H and O–H groups in total. The van der Waals surface area contributed by atoms with E-state index < -0.39 is 0 Å². The number of nitrogens with zero attached hydrogens (tertiary/aromatic N) is 2. The zero-order valence-electron chi connectivity index (χ0n) is 15.6. The van der Waals surface area contributed by atoms with E-state index in [0.717, 1.165) is 37.8 Å². The highest BCUT2D eigenvalue weighted by atomic mass is 32.1. The van der Waals surface area contributed by atoms with Crippen LogP contribution in [0.1, 0.15) is 33.6 Å². The lowest BCUT2D eigenvalue weighted by molar-refractivity contribution is 0.133. The van der Waals surface area contributed by atoms with Crippen molar-refractivity contribution in [3.8, 4) is 0 Å². The van der Waals surface area contributed by atoms with Crippen LogP contribution in [-0.4, -0.2) is 31.1 Å². The van der Waals surface area contributed by atoms with Gasteiger partial charge in [0.2, 0.25) is 0 Å². The molecule has 1 aromatic heterocycles. The van der Waals surface area contributed by atoms with Gasteiger partial charge >= 0.3 is 0 Å². The molecule has 25 heavy (non-hydrogen) atoms. The van der Waals surface area contributed by atoms with E-state index in [1.165, 1.54) is 21.0 Å². The monoisotopic (exact) mass is 360 g/mol. The van der Waals surface area contributed by atoms with E-state index in [1.54, 1.807) is 18.4 Å². The molecule has 0 saturated carbocycles. The van der Waals surface area contributed by atoms with E-state index in [0.29, 0.717) is 6.61 Å². The first kappa shape index (κ1) is 19.4. The highest BCUT2D eigenvalue weighted by Gasteiger charge is 2.06. The van der Waals surface area contributed by atoms with Crippen molar-refractivity contribution in [2.75, 3.05) is 20.2 Å². The van der Waals surface area contributed by atoms with Gasteiger partial charge in [0.15, 0.2) is 5.96 Å². The first-order valence-electron chi connectivity index (χ1n) is 8.66. The van der Waals surface area contributed by atoms with Gasteiger partial charge in [0.25, 0.3) is 0 Å². The van der Waals surface area contributed by atoms with E-state index in [4.69, 9.17) is 4.74 Å². The highest BCUT2D eigenvalue weighted by Crippen LogP contribution is 2.16. The Hall–Kier alpha value is -1.92. The van der Waals surface area contributed by atoms with Gasteiger partial charge in [-0.3, -0.25) is 4.99 Å². The van der Waals surface area contributed by atoms with E-state index in [-0.39, 0.29) is 0 Å². The minimum Gasteiger partial charge on any atom is -0.377 e. The summed E-state index contributed by atoms with van der Waals surface area (Å²) in [5, 5.41) is 7.89. The van der Waals surface area contributed by atoms with Gasteiger partial charge in [0.1, 0.15) is 0 Å². The first-order valence-corrected chi connectivity index (χ1v) is 9.47. The first-order chi connectivity index (χ1) is 12.1. The minimum atomic E-state index is 0.642. The van der Waals surface area contributed by atoms with Crippen LogP contribution in [0.15, 0.2) is 29.3 Å². The van der Waals surface area contributed by atoms with Gasteiger partial charge in [-0.25, -0.2) is 4.98 Å². The van der Waals surface area contributed by atoms with Crippen molar-refractivity contribution < 1.29 is 4.74 Å². The van der Waals surface area contributed by atoms with Crippen LogP contribution < -0.4 is 10.6 Å². The average molecular weight is 361 g/mol. The summed E-state index contributed by atoms with van der Waals surface area (Å²) < 4.78 is 5.54.